The molecule has 98 valence electrons. The van der Waals surface area contributed by atoms with Crippen molar-refractivity contribution < 1.29 is 14.1 Å². The number of halogens is 2. The lowest BCUT2D eigenvalue weighted by Crippen LogP contribution is -1.96. The molecule has 0 radical (unpaired) electrons. The molecule has 0 aliphatic carbocycles. The largest absolute Gasteiger partial charge is 0.421 e. The van der Waals surface area contributed by atoms with Crippen LogP contribution >= 0.6 is 11.6 Å². The highest BCUT2D eigenvalue weighted by molar-refractivity contribution is 6.17. The van der Waals surface area contributed by atoms with Gasteiger partial charge in [0, 0.05) is 24.0 Å². The number of non-ortho nitro benzene ring substituents is 1. The molecule has 0 saturated carbocycles. The van der Waals surface area contributed by atoms with Crippen molar-refractivity contribution in [2.75, 3.05) is 0 Å². The summed E-state index contributed by atoms with van der Waals surface area (Å²) in [6.45, 7) is 0. The van der Waals surface area contributed by atoms with Gasteiger partial charge in [0.1, 0.15) is 0 Å². The van der Waals surface area contributed by atoms with Crippen LogP contribution in [0, 0.1) is 15.9 Å². The fourth-order valence-electron chi connectivity index (χ4n) is 1.25. The van der Waals surface area contributed by atoms with Crippen LogP contribution < -0.4 is 4.74 Å². The minimum Gasteiger partial charge on any atom is -0.421 e. The van der Waals surface area contributed by atoms with Gasteiger partial charge in [-0.05, 0) is 6.07 Å². The van der Waals surface area contributed by atoms with E-state index in [4.69, 9.17) is 16.3 Å². The molecule has 0 unspecified atom stereocenters. The van der Waals surface area contributed by atoms with Crippen LogP contribution in [0.2, 0.25) is 0 Å². The van der Waals surface area contributed by atoms with Crippen molar-refractivity contribution in [3.8, 4) is 11.8 Å². The molecule has 0 atom stereocenters. The van der Waals surface area contributed by atoms with Gasteiger partial charge in [0.05, 0.1) is 16.9 Å². The van der Waals surface area contributed by atoms with E-state index in [1.54, 1.807) is 0 Å². The highest BCUT2D eigenvalue weighted by atomic mass is 35.5. The number of nitro benzene ring substituents is 1. The zero-order chi connectivity index (χ0) is 13.8. The molecule has 0 aliphatic heterocycles. The van der Waals surface area contributed by atoms with Crippen LogP contribution in [0.5, 0.6) is 11.8 Å². The van der Waals surface area contributed by atoms with Crippen LogP contribution in [0.15, 0.2) is 30.6 Å². The van der Waals surface area contributed by atoms with Crippen molar-refractivity contribution in [3.05, 3.63) is 52.1 Å². The zero-order valence-corrected chi connectivity index (χ0v) is 10.2. The van der Waals surface area contributed by atoms with E-state index in [0.29, 0.717) is 5.56 Å². The fraction of sp³-hybridized carbons (Fsp3) is 0.0909. The highest BCUT2D eigenvalue weighted by Gasteiger charge is 2.13. The van der Waals surface area contributed by atoms with Gasteiger partial charge in [-0.1, -0.05) is 0 Å². The van der Waals surface area contributed by atoms with Crippen molar-refractivity contribution >= 4 is 17.3 Å². The Hall–Kier alpha value is -2.28. The summed E-state index contributed by atoms with van der Waals surface area (Å²) >= 11 is 5.57. The molecule has 2 aromatic rings. The molecule has 19 heavy (non-hydrogen) atoms. The van der Waals surface area contributed by atoms with Crippen LogP contribution in [-0.4, -0.2) is 14.9 Å². The first kappa shape index (κ1) is 13.2. The minimum atomic E-state index is -0.862. The van der Waals surface area contributed by atoms with Gasteiger partial charge in [0.25, 0.3) is 5.69 Å². The summed E-state index contributed by atoms with van der Waals surface area (Å²) in [7, 11) is 0. The third-order valence-electron chi connectivity index (χ3n) is 2.16. The monoisotopic (exact) mass is 283 g/mol. The van der Waals surface area contributed by atoms with Crippen LogP contribution in [0.1, 0.15) is 5.56 Å². The van der Waals surface area contributed by atoms with Crippen molar-refractivity contribution in [2.45, 2.75) is 5.88 Å². The summed E-state index contributed by atoms with van der Waals surface area (Å²) in [4.78, 5) is 17.4. The Kier molecular flexibility index (Phi) is 3.86. The van der Waals surface area contributed by atoms with Gasteiger partial charge >= 0.3 is 6.01 Å². The molecule has 0 bridgehead atoms. The Balaban J connectivity index is 2.20. The summed E-state index contributed by atoms with van der Waals surface area (Å²) in [6, 6.07) is 2.97. The lowest BCUT2D eigenvalue weighted by Gasteiger charge is -2.04. The molecule has 1 aromatic heterocycles. The SMILES string of the molecule is O=[N+]([O-])c1ccc(Oc2ncc(CCl)cn2)c(F)c1. The average Bonchev–Trinajstić information content (AvgIpc) is 2.41. The van der Waals surface area contributed by atoms with Gasteiger partial charge in [-0.3, -0.25) is 10.1 Å². The number of ether oxygens (including phenoxy) is 1. The first-order valence-electron chi connectivity index (χ1n) is 5.09. The molecule has 0 spiro atoms. The first-order valence-corrected chi connectivity index (χ1v) is 5.62. The molecule has 1 heterocycles. The Bertz CT molecular complexity index is 607. The van der Waals surface area contributed by atoms with Gasteiger partial charge in [-0.25, -0.2) is 14.4 Å². The van der Waals surface area contributed by atoms with Gasteiger partial charge in [0.2, 0.25) is 0 Å². The average molecular weight is 284 g/mol. The Morgan fingerprint density at radius 2 is 2.05 bits per heavy atom. The summed E-state index contributed by atoms with van der Waals surface area (Å²) in [5, 5.41) is 10.5. The molecule has 0 aliphatic rings. The smallest absolute Gasteiger partial charge is 0.321 e. The van der Waals surface area contributed by atoms with Crippen molar-refractivity contribution in [1.82, 2.24) is 9.97 Å². The molecule has 0 amide bonds. The Morgan fingerprint density at radius 3 is 2.58 bits per heavy atom. The van der Waals surface area contributed by atoms with Crippen LogP contribution in [0.4, 0.5) is 10.1 Å². The summed E-state index contributed by atoms with van der Waals surface area (Å²) in [5.74, 6) is -0.796. The van der Waals surface area contributed by atoms with Crippen LogP contribution in [0.25, 0.3) is 0 Å². The fourth-order valence-corrected chi connectivity index (χ4v) is 1.39. The van der Waals surface area contributed by atoms with E-state index in [1.807, 2.05) is 0 Å². The predicted molar refractivity (Wildman–Crippen MR) is 64.7 cm³/mol. The first-order chi connectivity index (χ1) is 9.10. The van der Waals surface area contributed by atoms with Crippen molar-refractivity contribution in [2.24, 2.45) is 0 Å². The number of benzene rings is 1. The molecule has 0 N–H and O–H groups in total. The Morgan fingerprint density at radius 1 is 1.37 bits per heavy atom. The maximum atomic E-state index is 13.5. The molecular weight excluding hydrogens is 277 g/mol. The second-order valence-electron chi connectivity index (χ2n) is 3.48. The molecule has 0 saturated heterocycles. The molecule has 2 rings (SSSR count). The van der Waals surface area contributed by atoms with Gasteiger partial charge < -0.3 is 4.74 Å². The second-order valence-corrected chi connectivity index (χ2v) is 3.75. The van der Waals surface area contributed by atoms with E-state index < -0.39 is 10.7 Å². The van der Waals surface area contributed by atoms with Crippen LogP contribution in [-0.2, 0) is 5.88 Å². The van der Waals surface area contributed by atoms with E-state index in [2.05, 4.69) is 9.97 Å². The lowest BCUT2D eigenvalue weighted by molar-refractivity contribution is -0.385. The topological polar surface area (TPSA) is 78.2 Å². The number of nitro groups is 1. The molecule has 8 heteroatoms. The van der Waals surface area contributed by atoms with Gasteiger partial charge in [-0.15, -0.1) is 11.6 Å². The zero-order valence-electron chi connectivity index (χ0n) is 9.42. The van der Waals surface area contributed by atoms with Gasteiger partial charge in [-0.2, -0.15) is 0 Å². The third kappa shape index (κ3) is 3.14. The summed E-state index contributed by atoms with van der Waals surface area (Å²) < 4.78 is 18.6. The number of alkyl halides is 1. The Labute approximate surface area is 112 Å². The highest BCUT2D eigenvalue weighted by Crippen LogP contribution is 2.25. The summed E-state index contributed by atoms with van der Waals surface area (Å²) in [6.07, 6.45) is 2.89. The normalized spacial score (nSPS) is 10.2. The molecule has 6 nitrogen and oxygen atoms in total. The van der Waals surface area contributed by atoms with E-state index in [0.717, 1.165) is 18.2 Å². The molecular formula is C11H7ClFN3O3. The predicted octanol–water partition coefficient (Wildman–Crippen LogP) is 3.06. The molecule has 0 fully saturated rings. The van der Waals surface area contributed by atoms with E-state index in [-0.39, 0.29) is 23.3 Å². The van der Waals surface area contributed by atoms with Crippen molar-refractivity contribution in [3.63, 3.8) is 0 Å². The van der Waals surface area contributed by atoms with E-state index in [9.17, 15) is 14.5 Å². The number of hydrogen-bond acceptors (Lipinski definition) is 5. The van der Waals surface area contributed by atoms with E-state index >= 15 is 0 Å². The quantitative estimate of drug-likeness (QED) is 0.489. The summed E-state index contributed by atoms with van der Waals surface area (Å²) in [5.41, 5.74) is 0.335. The number of rotatable bonds is 4. The number of hydrogen-bond donors (Lipinski definition) is 0. The van der Waals surface area contributed by atoms with E-state index in [1.165, 1.54) is 12.4 Å². The molecule has 1 aromatic carbocycles. The number of nitrogens with zero attached hydrogens (tertiary/aromatic N) is 3. The standard InChI is InChI=1S/C11H7ClFN3O3/c12-4-7-5-14-11(15-6-7)19-10-2-1-8(16(17)18)3-9(10)13/h1-3,5-6H,4H2. The lowest BCUT2D eigenvalue weighted by atomic mass is 10.3. The van der Waals surface area contributed by atoms with Crippen LogP contribution in [0.3, 0.4) is 0 Å². The number of aromatic nitrogens is 2. The maximum Gasteiger partial charge on any atom is 0.321 e. The maximum absolute atomic E-state index is 13.5. The van der Waals surface area contributed by atoms with Gasteiger partial charge in [0.15, 0.2) is 11.6 Å². The van der Waals surface area contributed by atoms with Crippen molar-refractivity contribution in [1.29, 1.82) is 0 Å². The minimum absolute atomic E-state index is 0.0679. The third-order valence-corrected chi connectivity index (χ3v) is 2.47. The second kappa shape index (κ2) is 5.57.